The van der Waals surface area contributed by atoms with Gasteiger partial charge in [-0.2, -0.15) is 13.2 Å². The Kier molecular flexibility index (Phi) is 4.11. The zero-order valence-electron chi connectivity index (χ0n) is 8.82. The highest BCUT2D eigenvalue weighted by Crippen LogP contribution is 2.30. The predicted octanol–water partition coefficient (Wildman–Crippen LogP) is 2.60. The van der Waals surface area contributed by atoms with Crippen LogP contribution < -0.4 is 0 Å². The molecular weight excluding hydrogens is 237 g/mol. The Labute approximate surface area is 96.1 Å². The summed E-state index contributed by atoms with van der Waals surface area (Å²) in [4.78, 5) is 11.2. The van der Waals surface area contributed by atoms with Crippen LogP contribution >= 0.6 is 0 Å². The van der Waals surface area contributed by atoms with Crippen molar-refractivity contribution in [2.24, 2.45) is 0 Å². The first-order chi connectivity index (χ1) is 7.90. The molecule has 0 saturated carbocycles. The zero-order chi connectivity index (χ0) is 13.1. The lowest BCUT2D eigenvalue weighted by Crippen LogP contribution is -2.15. The van der Waals surface area contributed by atoms with E-state index in [-0.39, 0.29) is 5.56 Å². The van der Waals surface area contributed by atoms with Crippen LogP contribution in [0.4, 0.5) is 13.2 Å². The number of hydrogen-bond acceptors (Lipinski definition) is 3. The molecule has 1 rings (SSSR count). The minimum Gasteiger partial charge on any atom is -0.467 e. The summed E-state index contributed by atoms with van der Waals surface area (Å²) in [6.07, 6.45) is -5.66. The van der Waals surface area contributed by atoms with E-state index in [0.29, 0.717) is 0 Å². The molecule has 0 amide bonds. The maximum atomic E-state index is 12.3. The average Bonchev–Trinajstić information content (AvgIpc) is 2.29. The number of ether oxygens (including phenoxy) is 2. The summed E-state index contributed by atoms with van der Waals surface area (Å²) in [6, 6.07) is 3.89. The van der Waals surface area contributed by atoms with Gasteiger partial charge in [0.1, 0.15) is 7.11 Å². The summed E-state index contributed by atoms with van der Waals surface area (Å²) in [5, 5.41) is 0. The highest BCUT2D eigenvalue weighted by atomic mass is 19.4. The van der Waals surface area contributed by atoms with Crippen LogP contribution in [0.15, 0.2) is 24.3 Å². The fourth-order valence-corrected chi connectivity index (χ4v) is 1.22. The Balaban J connectivity index is 2.97. The van der Waals surface area contributed by atoms with Crippen molar-refractivity contribution in [3.63, 3.8) is 0 Å². The van der Waals surface area contributed by atoms with Crippen molar-refractivity contribution in [2.75, 3.05) is 7.11 Å². The second-order valence-electron chi connectivity index (χ2n) is 3.16. The van der Waals surface area contributed by atoms with E-state index in [1.807, 2.05) is 0 Å². The number of carbonyl (C=O) groups excluding carboxylic acids is 1. The molecule has 1 unspecified atom stereocenters. The van der Waals surface area contributed by atoms with Crippen molar-refractivity contribution in [1.29, 1.82) is 0 Å². The van der Waals surface area contributed by atoms with Crippen LogP contribution in [0, 0.1) is 7.11 Å². The molecule has 17 heavy (non-hydrogen) atoms. The lowest BCUT2D eigenvalue weighted by atomic mass is 10.1. The third kappa shape index (κ3) is 3.20. The molecule has 0 aliphatic carbocycles. The average molecular weight is 246 g/mol. The smallest absolute Gasteiger partial charge is 0.416 e. The summed E-state index contributed by atoms with van der Waals surface area (Å²) in [7, 11) is 6.01. The molecule has 0 heterocycles. The highest BCUT2D eigenvalue weighted by Gasteiger charge is 2.30. The zero-order valence-corrected chi connectivity index (χ0v) is 8.82. The van der Waals surface area contributed by atoms with Crippen LogP contribution in [-0.4, -0.2) is 13.1 Å². The topological polar surface area (TPSA) is 35.5 Å². The van der Waals surface area contributed by atoms with Crippen LogP contribution in [0.3, 0.4) is 0 Å². The van der Waals surface area contributed by atoms with Crippen LogP contribution in [0.1, 0.15) is 17.2 Å². The standard InChI is InChI=1S/C11H9F3O3/c1-16-9(10(15)17-2)7-3-5-8(6-4-7)11(12,13)14/h1,3-6,9H,2H3. The van der Waals surface area contributed by atoms with Crippen LogP contribution in [0.25, 0.3) is 0 Å². The first-order valence-electron chi connectivity index (χ1n) is 4.50. The van der Waals surface area contributed by atoms with Gasteiger partial charge in [-0.3, -0.25) is 0 Å². The molecule has 92 valence electrons. The van der Waals surface area contributed by atoms with Gasteiger partial charge in [0, 0.05) is 0 Å². The van der Waals surface area contributed by atoms with Gasteiger partial charge in [0.2, 0.25) is 0 Å². The van der Waals surface area contributed by atoms with E-state index in [1.165, 1.54) is 0 Å². The van der Waals surface area contributed by atoms with Gasteiger partial charge in [-0.1, -0.05) is 12.1 Å². The normalized spacial score (nSPS) is 13.2. The van der Waals surface area contributed by atoms with E-state index in [0.717, 1.165) is 31.4 Å². The molecule has 0 saturated heterocycles. The Morgan fingerprint density at radius 1 is 1.29 bits per heavy atom. The quantitative estimate of drug-likeness (QED) is 0.769. The molecule has 1 aromatic carbocycles. The molecule has 1 aromatic rings. The summed E-state index contributed by atoms with van der Waals surface area (Å²) in [5.41, 5.74) is -0.630. The molecule has 6 heteroatoms. The molecule has 0 fully saturated rings. The molecule has 0 N–H and O–H groups in total. The largest absolute Gasteiger partial charge is 0.467 e. The second kappa shape index (κ2) is 5.18. The van der Waals surface area contributed by atoms with Crippen molar-refractivity contribution in [3.8, 4) is 0 Å². The number of hydrogen-bond donors (Lipinski definition) is 0. The summed E-state index contributed by atoms with van der Waals surface area (Å²) in [5.74, 6) is -0.785. The van der Waals surface area contributed by atoms with Gasteiger partial charge in [0.05, 0.1) is 12.7 Å². The van der Waals surface area contributed by atoms with E-state index in [4.69, 9.17) is 7.11 Å². The van der Waals surface area contributed by atoms with Gasteiger partial charge in [0.15, 0.2) is 6.10 Å². The minimum absolute atomic E-state index is 0.187. The number of alkyl halides is 3. The van der Waals surface area contributed by atoms with Gasteiger partial charge in [-0.05, 0) is 17.7 Å². The molecule has 3 nitrogen and oxygen atoms in total. The molecule has 0 aliphatic rings. The summed E-state index contributed by atoms with van der Waals surface area (Å²) >= 11 is 0. The van der Waals surface area contributed by atoms with E-state index >= 15 is 0 Å². The van der Waals surface area contributed by atoms with Gasteiger partial charge in [0.25, 0.3) is 0 Å². The predicted molar refractivity (Wildman–Crippen MR) is 51.6 cm³/mol. The first kappa shape index (κ1) is 13.5. The Hall–Kier alpha value is -1.56. The van der Waals surface area contributed by atoms with Crippen LogP contribution in [0.5, 0.6) is 0 Å². The third-order valence-corrected chi connectivity index (χ3v) is 2.09. The third-order valence-electron chi connectivity index (χ3n) is 2.09. The molecule has 0 spiro atoms. The lowest BCUT2D eigenvalue weighted by molar-refractivity contribution is -0.151. The van der Waals surface area contributed by atoms with E-state index in [2.05, 4.69) is 9.47 Å². The summed E-state index contributed by atoms with van der Waals surface area (Å²) in [6.45, 7) is 0. The van der Waals surface area contributed by atoms with Crippen molar-refractivity contribution >= 4 is 5.97 Å². The molecule has 2 radical (unpaired) electrons. The fraction of sp³-hybridized carbons (Fsp3) is 0.273. The molecular formula is C11H9F3O3. The highest BCUT2D eigenvalue weighted by molar-refractivity contribution is 5.76. The van der Waals surface area contributed by atoms with Crippen molar-refractivity contribution in [2.45, 2.75) is 12.3 Å². The number of methoxy groups -OCH3 is 1. The SMILES string of the molecule is [CH]OC(C(=O)OC)c1ccc(C(F)(F)F)cc1. The molecule has 0 aromatic heterocycles. The van der Waals surface area contributed by atoms with Gasteiger partial charge >= 0.3 is 12.1 Å². The minimum atomic E-state index is -4.43. The van der Waals surface area contributed by atoms with Gasteiger partial charge < -0.3 is 9.47 Å². The molecule has 0 aliphatic heterocycles. The van der Waals surface area contributed by atoms with Gasteiger partial charge in [-0.25, -0.2) is 4.79 Å². The Morgan fingerprint density at radius 2 is 1.82 bits per heavy atom. The maximum Gasteiger partial charge on any atom is 0.416 e. The van der Waals surface area contributed by atoms with Crippen LogP contribution in [0.2, 0.25) is 0 Å². The van der Waals surface area contributed by atoms with Crippen molar-refractivity contribution < 1.29 is 27.4 Å². The van der Waals surface area contributed by atoms with Crippen LogP contribution in [-0.2, 0) is 20.4 Å². The molecule has 1 atom stereocenters. The number of carbonyl (C=O) groups is 1. The molecule has 0 bridgehead atoms. The Morgan fingerprint density at radius 3 is 2.18 bits per heavy atom. The number of esters is 1. The summed E-state index contributed by atoms with van der Waals surface area (Å²) < 4.78 is 45.6. The van der Waals surface area contributed by atoms with E-state index in [1.54, 1.807) is 0 Å². The van der Waals surface area contributed by atoms with Gasteiger partial charge in [-0.15, -0.1) is 0 Å². The van der Waals surface area contributed by atoms with Crippen molar-refractivity contribution in [3.05, 3.63) is 42.5 Å². The van der Waals surface area contributed by atoms with E-state index in [9.17, 15) is 18.0 Å². The number of benzene rings is 1. The Bertz CT molecular complexity index is 384. The first-order valence-corrected chi connectivity index (χ1v) is 4.50. The fourth-order valence-electron chi connectivity index (χ4n) is 1.22. The lowest BCUT2D eigenvalue weighted by Gasteiger charge is -2.13. The van der Waals surface area contributed by atoms with E-state index < -0.39 is 23.8 Å². The second-order valence-corrected chi connectivity index (χ2v) is 3.16. The number of halogens is 3. The number of rotatable bonds is 3. The van der Waals surface area contributed by atoms with Crippen molar-refractivity contribution in [1.82, 2.24) is 0 Å². The monoisotopic (exact) mass is 246 g/mol. The maximum absolute atomic E-state index is 12.3.